The molecule has 0 bridgehead atoms. The standard InChI is InChI=1S/C22H27N5OS/c1-17(11-12-18-8-3-2-4-9-18)23-20(28)19-10-7-15-27(16-19)22-25-24-21(29-22)26-13-5-6-14-26/h2-6,8-9,13-14,17,19H,7,10-12,15-16H2,1H3,(H,23,28)/t17-,19-/m0/s1. The summed E-state index contributed by atoms with van der Waals surface area (Å²) in [6, 6.07) is 14.5. The Morgan fingerprint density at radius 2 is 1.93 bits per heavy atom. The quantitative estimate of drug-likeness (QED) is 0.647. The van der Waals surface area contributed by atoms with Crippen molar-refractivity contribution < 1.29 is 4.79 Å². The molecule has 1 aromatic carbocycles. The van der Waals surface area contributed by atoms with Crippen molar-refractivity contribution in [3.63, 3.8) is 0 Å². The Morgan fingerprint density at radius 3 is 2.72 bits per heavy atom. The Bertz CT molecular complexity index is 908. The van der Waals surface area contributed by atoms with Gasteiger partial charge in [0, 0.05) is 31.5 Å². The van der Waals surface area contributed by atoms with E-state index in [0.29, 0.717) is 6.54 Å². The summed E-state index contributed by atoms with van der Waals surface area (Å²) in [4.78, 5) is 15.0. The van der Waals surface area contributed by atoms with Crippen molar-refractivity contribution in [3.05, 3.63) is 60.4 Å². The van der Waals surface area contributed by atoms with E-state index < -0.39 is 0 Å². The highest BCUT2D eigenvalue weighted by Gasteiger charge is 2.28. The molecule has 0 unspecified atom stereocenters. The number of nitrogens with one attached hydrogen (secondary N) is 1. The summed E-state index contributed by atoms with van der Waals surface area (Å²) in [5.74, 6) is 0.160. The molecule has 1 saturated heterocycles. The molecular weight excluding hydrogens is 382 g/mol. The molecule has 29 heavy (non-hydrogen) atoms. The number of benzene rings is 1. The molecule has 1 N–H and O–H groups in total. The molecule has 1 amide bonds. The summed E-state index contributed by atoms with van der Waals surface area (Å²) in [7, 11) is 0. The second-order valence-corrected chi connectivity index (χ2v) is 8.61. The van der Waals surface area contributed by atoms with Crippen LogP contribution in [0.3, 0.4) is 0 Å². The van der Waals surface area contributed by atoms with E-state index in [1.807, 2.05) is 35.2 Å². The van der Waals surface area contributed by atoms with Crippen LogP contribution in [0.15, 0.2) is 54.9 Å². The third-order valence-corrected chi connectivity index (χ3v) is 6.39. The van der Waals surface area contributed by atoms with Crippen LogP contribution >= 0.6 is 11.3 Å². The molecule has 0 radical (unpaired) electrons. The lowest BCUT2D eigenvalue weighted by Crippen LogP contribution is -2.45. The SMILES string of the molecule is C[C@@H](CCc1ccccc1)NC(=O)[C@H]1CCCN(c2nnc(-n3cccc3)s2)C1. The van der Waals surface area contributed by atoms with E-state index in [1.165, 1.54) is 5.56 Å². The van der Waals surface area contributed by atoms with Crippen LogP contribution in [0.5, 0.6) is 0 Å². The number of carbonyl (C=O) groups is 1. The number of rotatable bonds is 7. The van der Waals surface area contributed by atoms with Gasteiger partial charge in [0.1, 0.15) is 0 Å². The number of aryl methyl sites for hydroxylation is 1. The number of hydrogen-bond acceptors (Lipinski definition) is 5. The Morgan fingerprint density at radius 1 is 1.17 bits per heavy atom. The van der Waals surface area contributed by atoms with Crippen LogP contribution in [0, 0.1) is 5.92 Å². The van der Waals surface area contributed by atoms with Gasteiger partial charge in [-0.1, -0.05) is 41.7 Å². The van der Waals surface area contributed by atoms with Gasteiger partial charge in [0.05, 0.1) is 5.92 Å². The van der Waals surface area contributed by atoms with Crippen molar-refractivity contribution in [1.29, 1.82) is 0 Å². The molecule has 1 aliphatic heterocycles. The zero-order valence-electron chi connectivity index (χ0n) is 16.7. The highest BCUT2D eigenvalue weighted by atomic mass is 32.1. The minimum absolute atomic E-state index is 0.00172. The Hall–Kier alpha value is -2.67. The van der Waals surface area contributed by atoms with E-state index in [2.05, 4.69) is 51.6 Å². The summed E-state index contributed by atoms with van der Waals surface area (Å²) < 4.78 is 1.96. The number of carbonyl (C=O) groups excluding carboxylic acids is 1. The monoisotopic (exact) mass is 409 g/mol. The molecule has 4 rings (SSSR count). The molecule has 6 nitrogen and oxygen atoms in total. The first kappa shape index (κ1) is 19.6. The summed E-state index contributed by atoms with van der Waals surface area (Å²) in [6.45, 7) is 3.72. The molecule has 0 saturated carbocycles. The first-order valence-electron chi connectivity index (χ1n) is 10.2. The number of piperidine rings is 1. The lowest BCUT2D eigenvalue weighted by molar-refractivity contribution is -0.125. The van der Waals surface area contributed by atoms with Crippen molar-refractivity contribution >= 4 is 22.4 Å². The van der Waals surface area contributed by atoms with Gasteiger partial charge in [-0.25, -0.2) is 0 Å². The van der Waals surface area contributed by atoms with Crippen LogP contribution in [-0.4, -0.2) is 39.8 Å². The summed E-state index contributed by atoms with van der Waals surface area (Å²) in [5.41, 5.74) is 1.31. The normalized spacial score (nSPS) is 17.8. The van der Waals surface area contributed by atoms with Gasteiger partial charge in [0.25, 0.3) is 0 Å². The third kappa shape index (κ3) is 5.03. The fourth-order valence-electron chi connectivity index (χ4n) is 3.73. The second kappa shape index (κ2) is 9.22. The van der Waals surface area contributed by atoms with Crippen LogP contribution in [0.4, 0.5) is 5.13 Å². The van der Waals surface area contributed by atoms with E-state index in [9.17, 15) is 4.79 Å². The highest BCUT2D eigenvalue weighted by Crippen LogP contribution is 2.28. The first-order chi connectivity index (χ1) is 14.2. The number of amides is 1. The van der Waals surface area contributed by atoms with Crippen molar-refractivity contribution in [3.8, 4) is 5.13 Å². The van der Waals surface area contributed by atoms with E-state index in [4.69, 9.17) is 0 Å². The van der Waals surface area contributed by atoms with E-state index in [-0.39, 0.29) is 17.9 Å². The van der Waals surface area contributed by atoms with Gasteiger partial charge < -0.3 is 10.2 Å². The van der Waals surface area contributed by atoms with Crippen LogP contribution in [-0.2, 0) is 11.2 Å². The van der Waals surface area contributed by atoms with Crippen molar-refractivity contribution in [1.82, 2.24) is 20.1 Å². The minimum Gasteiger partial charge on any atom is -0.353 e. The van der Waals surface area contributed by atoms with Crippen LogP contribution in [0.1, 0.15) is 31.7 Å². The van der Waals surface area contributed by atoms with Crippen molar-refractivity contribution in [2.45, 2.75) is 38.6 Å². The van der Waals surface area contributed by atoms with Crippen LogP contribution in [0.2, 0.25) is 0 Å². The number of hydrogen-bond donors (Lipinski definition) is 1. The van der Waals surface area contributed by atoms with Gasteiger partial charge in [-0.3, -0.25) is 9.36 Å². The second-order valence-electron chi connectivity index (χ2n) is 7.68. The van der Waals surface area contributed by atoms with E-state index in [0.717, 1.165) is 42.5 Å². The predicted octanol–water partition coefficient (Wildman–Crippen LogP) is 3.68. The molecule has 3 aromatic rings. The zero-order valence-corrected chi connectivity index (χ0v) is 17.5. The minimum atomic E-state index is 0.00172. The Kier molecular flexibility index (Phi) is 6.24. The predicted molar refractivity (Wildman–Crippen MR) is 117 cm³/mol. The molecule has 152 valence electrons. The Balaban J connectivity index is 1.30. The first-order valence-corrected chi connectivity index (χ1v) is 11.1. The van der Waals surface area contributed by atoms with Crippen LogP contribution < -0.4 is 10.2 Å². The largest absolute Gasteiger partial charge is 0.353 e. The fraction of sp³-hybridized carbons (Fsp3) is 0.409. The average Bonchev–Trinajstić information content (AvgIpc) is 3.45. The average molecular weight is 410 g/mol. The maximum absolute atomic E-state index is 12.8. The number of aromatic nitrogens is 3. The summed E-state index contributed by atoms with van der Waals surface area (Å²) in [5, 5.41) is 13.6. The molecule has 7 heteroatoms. The van der Waals surface area contributed by atoms with Gasteiger partial charge in [-0.15, -0.1) is 10.2 Å². The van der Waals surface area contributed by atoms with Crippen molar-refractivity contribution in [2.24, 2.45) is 5.92 Å². The van der Waals surface area contributed by atoms with Gasteiger partial charge in [0.2, 0.25) is 16.2 Å². The molecule has 2 aromatic heterocycles. The molecule has 1 fully saturated rings. The van der Waals surface area contributed by atoms with Gasteiger partial charge in [-0.05, 0) is 50.3 Å². The molecule has 1 aliphatic rings. The lowest BCUT2D eigenvalue weighted by atomic mass is 9.96. The summed E-state index contributed by atoms with van der Waals surface area (Å²) >= 11 is 1.57. The molecule has 0 spiro atoms. The zero-order chi connectivity index (χ0) is 20.1. The van der Waals surface area contributed by atoms with Gasteiger partial charge >= 0.3 is 0 Å². The fourth-order valence-corrected chi connectivity index (χ4v) is 4.58. The van der Waals surface area contributed by atoms with E-state index >= 15 is 0 Å². The molecular formula is C22H27N5OS. The summed E-state index contributed by atoms with van der Waals surface area (Å²) in [6.07, 6.45) is 7.78. The molecule has 2 atom stereocenters. The van der Waals surface area contributed by atoms with Crippen molar-refractivity contribution in [2.75, 3.05) is 18.0 Å². The Labute approximate surface area is 175 Å². The maximum Gasteiger partial charge on any atom is 0.225 e. The van der Waals surface area contributed by atoms with E-state index in [1.54, 1.807) is 11.3 Å². The number of nitrogens with zero attached hydrogens (tertiary/aromatic N) is 4. The van der Waals surface area contributed by atoms with Gasteiger partial charge in [0.15, 0.2) is 0 Å². The number of anilines is 1. The van der Waals surface area contributed by atoms with Crippen LogP contribution in [0.25, 0.3) is 5.13 Å². The highest BCUT2D eigenvalue weighted by molar-refractivity contribution is 7.17. The molecule has 3 heterocycles. The maximum atomic E-state index is 12.8. The smallest absolute Gasteiger partial charge is 0.225 e. The molecule has 0 aliphatic carbocycles. The third-order valence-electron chi connectivity index (χ3n) is 5.39. The topological polar surface area (TPSA) is 63.1 Å². The lowest BCUT2D eigenvalue weighted by Gasteiger charge is -2.32. The van der Waals surface area contributed by atoms with Gasteiger partial charge in [-0.2, -0.15) is 0 Å².